The Morgan fingerprint density at radius 2 is 1.73 bits per heavy atom. The first kappa shape index (κ1) is 24.9. The smallest absolute Gasteiger partial charge is 0.251 e. The number of anilines is 1. The monoisotopic (exact) mass is 488 g/mol. The summed E-state index contributed by atoms with van der Waals surface area (Å²) in [6.07, 6.45) is 1.11. The molecule has 1 amide bonds. The average Bonchev–Trinajstić information content (AvgIpc) is 2.64. The highest BCUT2D eigenvalue weighted by Gasteiger charge is 2.21. The molecule has 0 bridgehead atoms. The van der Waals surface area contributed by atoms with Crippen LogP contribution in [0.4, 0.5) is 5.69 Å². The number of halogens is 2. The number of amides is 1. The number of hydrogen-bond acceptors (Lipinski definition) is 4. The van der Waals surface area contributed by atoms with Crippen LogP contribution in [0.3, 0.4) is 0 Å². The fourth-order valence-electron chi connectivity index (χ4n) is 2.62. The van der Waals surface area contributed by atoms with E-state index >= 15 is 0 Å². The molecule has 0 aliphatic carbocycles. The Labute approximate surface area is 193 Å². The van der Waals surface area contributed by atoms with Crippen LogP contribution in [0, 0.1) is 0 Å². The first-order chi connectivity index (χ1) is 13.9. The number of benzene rings is 2. The molecule has 0 aliphatic rings. The lowest BCUT2D eigenvalue weighted by Crippen LogP contribution is -2.29. The van der Waals surface area contributed by atoms with E-state index in [0.29, 0.717) is 17.8 Å². The van der Waals surface area contributed by atoms with E-state index in [2.05, 4.69) is 26.1 Å². The molecule has 0 aliphatic heterocycles. The van der Waals surface area contributed by atoms with Crippen molar-refractivity contribution in [3.05, 3.63) is 63.6 Å². The van der Waals surface area contributed by atoms with Crippen molar-refractivity contribution in [3.8, 4) is 0 Å². The van der Waals surface area contributed by atoms with E-state index in [4.69, 9.17) is 23.2 Å². The molecule has 0 saturated heterocycles. The van der Waals surface area contributed by atoms with Gasteiger partial charge in [0.05, 0.1) is 28.5 Å². The second kappa shape index (κ2) is 10.3. The summed E-state index contributed by atoms with van der Waals surface area (Å²) < 4.78 is 26.1. The van der Waals surface area contributed by atoms with E-state index in [-0.39, 0.29) is 27.2 Å². The second-order valence-electron chi connectivity index (χ2n) is 7.76. The van der Waals surface area contributed by atoms with Crippen LogP contribution in [-0.2, 0) is 16.6 Å². The molecular formula is C21H26Cl2N2O3S2. The van der Waals surface area contributed by atoms with Crippen LogP contribution < -0.4 is 9.62 Å². The minimum Gasteiger partial charge on any atom is -0.351 e. The summed E-state index contributed by atoms with van der Waals surface area (Å²) in [4.78, 5) is 12.3. The van der Waals surface area contributed by atoms with Crippen LogP contribution >= 0.6 is 35.0 Å². The third-order valence-electron chi connectivity index (χ3n) is 4.07. The Balaban J connectivity index is 2.09. The molecule has 5 nitrogen and oxygen atoms in total. The molecule has 0 unspecified atom stereocenters. The Morgan fingerprint density at radius 3 is 2.30 bits per heavy atom. The van der Waals surface area contributed by atoms with Gasteiger partial charge in [0, 0.05) is 22.6 Å². The number of rotatable bonds is 8. The molecule has 0 radical (unpaired) electrons. The van der Waals surface area contributed by atoms with E-state index in [9.17, 15) is 13.2 Å². The molecule has 1 N–H and O–H groups in total. The predicted octanol–water partition coefficient (Wildman–Crippen LogP) is 5.22. The third kappa shape index (κ3) is 7.38. The van der Waals surface area contributed by atoms with Gasteiger partial charge in [0.2, 0.25) is 10.0 Å². The van der Waals surface area contributed by atoms with Gasteiger partial charge in [-0.2, -0.15) is 11.8 Å². The highest BCUT2D eigenvalue weighted by atomic mass is 35.5. The number of carbonyl (C=O) groups is 1. The minimum atomic E-state index is -3.60. The number of sulfonamides is 1. The summed E-state index contributed by atoms with van der Waals surface area (Å²) in [5.41, 5.74) is 1.55. The normalized spacial score (nSPS) is 11.9. The largest absolute Gasteiger partial charge is 0.351 e. The van der Waals surface area contributed by atoms with Crippen LogP contribution in [0.5, 0.6) is 0 Å². The average molecular weight is 489 g/mol. The molecule has 2 aromatic rings. The van der Waals surface area contributed by atoms with Crippen molar-refractivity contribution in [3.63, 3.8) is 0 Å². The van der Waals surface area contributed by atoms with Gasteiger partial charge in [-0.3, -0.25) is 9.10 Å². The topological polar surface area (TPSA) is 66.5 Å². The van der Waals surface area contributed by atoms with Gasteiger partial charge in [0.1, 0.15) is 0 Å². The van der Waals surface area contributed by atoms with Crippen molar-refractivity contribution in [2.24, 2.45) is 0 Å². The first-order valence-corrected chi connectivity index (χ1v) is 12.9. The Hall–Kier alpha value is -1.41. The molecule has 2 aromatic carbocycles. The van der Waals surface area contributed by atoms with Gasteiger partial charge in [0.15, 0.2) is 0 Å². The molecule has 30 heavy (non-hydrogen) atoms. The highest BCUT2D eigenvalue weighted by Crippen LogP contribution is 2.34. The fraction of sp³-hybridized carbons (Fsp3) is 0.381. The molecule has 164 valence electrons. The van der Waals surface area contributed by atoms with Gasteiger partial charge >= 0.3 is 0 Å². The van der Waals surface area contributed by atoms with Gasteiger partial charge in [-0.05, 0) is 29.8 Å². The number of carbonyl (C=O) groups excluding carboxylic acids is 1. The zero-order valence-electron chi connectivity index (χ0n) is 17.4. The zero-order chi connectivity index (χ0) is 22.5. The van der Waals surface area contributed by atoms with Crippen molar-refractivity contribution < 1.29 is 13.2 Å². The summed E-state index contributed by atoms with van der Waals surface area (Å²) in [6, 6.07) is 11.7. The first-order valence-electron chi connectivity index (χ1n) is 9.31. The van der Waals surface area contributed by atoms with Gasteiger partial charge in [-0.25, -0.2) is 8.42 Å². The SMILES string of the molecule is CC(C)(C)SCCNC(=O)c1ccc(CN(c2cccc(Cl)c2Cl)S(C)(=O)=O)cc1. The maximum atomic E-state index is 12.4. The molecular weight excluding hydrogens is 463 g/mol. The summed E-state index contributed by atoms with van der Waals surface area (Å²) in [5.74, 6) is 0.672. The van der Waals surface area contributed by atoms with E-state index in [0.717, 1.165) is 17.6 Å². The highest BCUT2D eigenvalue weighted by molar-refractivity contribution is 8.00. The molecule has 0 atom stereocenters. The molecule has 0 spiro atoms. The number of hydrogen-bond donors (Lipinski definition) is 1. The maximum Gasteiger partial charge on any atom is 0.251 e. The Morgan fingerprint density at radius 1 is 1.10 bits per heavy atom. The van der Waals surface area contributed by atoms with Gasteiger partial charge in [0.25, 0.3) is 5.91 Å². The lowest BCUT2D eigenvalue weighted by Gasteiger charge is -2.24. The van der Waals surface area contributed by atoms with Gasteiger partial charge in [-0.15, -0.1) is 0 Å². The van der Waals surface area contributed by atoms with Crippen LogP contribution in [0.1, 0.15) is 36.7 Å². The lowest BCUT2D eigenvalue weighted by molar-refractivity contribution is 0.0956. The zero-order valence-corrected chi connectivity index (χ0v) is 20.6. The van der Waals surface area contributed by atoms with Crippen molar-refractivity contribution in [2.45, 2.75) is 32.1 Å². The molecule has 0 aromatic heterocycles. The van der Waals surface area contributed by atoms with E-state index in [1.165, 1.54) is 4.31 Å². The minimum absolute atomic E-state index is 0.0724. The number of thioether (sulfide) groups is 1. The molecule has 0 heterocycles. The van der Waals surface area contributed by atoms with Crippen LogP contribution in [0.25, 0.3) is 0 Å². The third-order valence-corrected chi connectivity index (χ3v) is 7.27. The molecule has 0 fully saturated rings. The summed E-state index contributed by atoms with van der Waals surface area (Å²) in [6.45, 7) is 7.05. The van der Waals surface area contributed by atoms with Crippen LogP contribution in [0.15, 0.2) is 42.5 Å². The van der Waals surface area contributed by atoms with E-state index < -0.39 is 10.0 Å². The molecule has 0 saturated carbocycles. The van der Waals surface area contributed by atoms with Crippen LogP contribution in [-0.4, -0.2) is 37.6 Å². The van der Waals surface area contributed by atoms with Gasteiger partial charge in [-0.1, -0.05) is 62.2 Å². The van der Waals surface area contributed by atoms with Crippen molar-refractivity contribution in [1.82, 2.24) is 5.32 Å². The maximum absolute atomic E-state index is 12.4. The Bertz CT molecular complexity index is 988. The van der Waals surface area contributed by atoms with E-state index in [1.54, 1.807) is 54.2 Å². The van der Waals surface area contributed by atoms with Crippen molar-refractivity contribution in [1.29, 1.82) is 0 Å². The summed E-state index contributed by atoms with van der Waals surface area (Å²) >= 11 is 14.1. The van der Waals surface area contributed by atoms with Gasteiger partial charge < -0.3 is 5.32 Å². The predicted molar refractivity (Wildman–Crippen MR) is 128 cm³/mol. The second-order valence-corrected chi connectivity index (χ2v) is 12.4. The number of nitrogens with zero attached hydrogens (tertiary/aromatic N) is 1. The summed E-state index contributed by atoms with van der Waals surface area (Å²) in [7, 11) is -3.60. The lowest BCUT2D eigenvalue weighted by atomic mass is 10.1. The quantitative estimate of drug-likeness (QED) is 0.517. The Kier molecular flexibility index (Phi) is 8.51. The van der Waals surface area contributed by atoms with Crippen LogP contribution in [0.2, 0.25) is 10.0 Å². The summed E-state index contributed by atoms with van der Waals surface area (Å²) in [5, 5.41) is 3.35. The molecule has 2 rings (SSSR count). The van der Waals surface area contributed by atoms with Crippen molar-refractivity contribution in [2.75, 3.05) is 22.9 Å². The van der Waals surface area contributed by atoms with Crippen molar-refractivity contribution >= 4 is 56.6 Å². The fourth-order valence-corrected chi connectivity index (χ4v) is 4.77. The number of nitrogens with one attached hydrogen (secondary N) is 1. The molecule has 9 heteroatoms. The standard InChI is InChI=1S/C21H26Cl2N2O3S2/c1-21(2,3)29-13-12-24-20(26)16-10-8-15(9-11-16)14-25(30(4,27)28)18-7-5-6-17(22)19(18)23/h5-11H,12-14H2,1-4H3,(H,24,26). The van der Waals surface area contributed by atoms with E-state index in [1.807, 2.05) is 0 Å².